The molecule has 1 aromatic rings. The van der Waals surface area contributed by atoms with E-state index in [9.17, 15) is 0 Å². The van der Waals surface area contributed by atoms with Crippen molar-refractivity contribution in [2.45, 2.75) is 26.4 Å². The van der Waals surface area contributed by atoms with Crippen LogP contribution in [0.25, 0.3) is 0 Å². The third-order valence-corrected chi connectivity index (χ3v) is 2.27. The molecule has 2 N–H and O–H groups in total. The summed E-state index contributed by atoms with van der Waals surface area (Å²) in [6.07, 6.45) is 2.04. The molecule has 0 aliphatic carbocycles. The monoisotopic (exact) mass is 179 g/mol. The summed E-state index contributed by atoms with van der Waals surface area (Å²) in [5, 5.41) is 0. The Morgan fingerprint density at radius 3 is 3.08 bits per heavy atom. The van der Waals surface area contributed by atoms with Crippen LogP contribution in [0, 0.1) is 6.92 Å². The zero-order chi connectivity index (χ0) is 9.26. The molecular weight excluding hydrogens is 166 g/mol. The predicted molar refractivity (Wildman–Crippen MR) is 49.2 cm³/mol. The first-order valence-corrected chi connectivity index (χ1v) is 4.47. The molecule has 0 unspecified atom stereocenters. The van der Waals surface area contributed by atoms with E-state index < -0.39 is 0 Å². The summed E-state index contributed by atoms with van der Waals surface area (Å²) < 4.78 is 5.39. The molecule has 1 aromatic heterocycles. The predicted octanol–water partition coefficient (Wildman–Crippen LogP) is 0.830. The van der Waals surface area contributed by atoms with Gasteiger partial charge in [0.05, 0.1) is 12.3 Å². The molecule has 0 bridgehead atoms. The Kier molecular flexibility index (Phi) is 2.14. The third kappa shape index (κ3) is 1.62. The molecular formula is C9H13N3O. The summed E-state index contributed by atoms with van der Waals surface area (Å²) in [5.74, 6) is 0.349. The fraction of sp³-hybridized carbons (Fsp3) is 0.556. The second kappa shape index (κ2) is 3.30. The molecule has 0 aromatic carbocycles. The quantitative estimate of drug-likeness (QED) is 0.640. The first-order chi connectivity index (χ1) is 6.27. The van der Waals surface area contributed by atoms with Gasteiger partial charge in [0.1, 0.15) is 0 Å². The van der Waals surface area contributed by atoms with E-state index in [1.165, 1.54) is 5.56 Å². The molecule has 4 nitrogen and oxygen atoms in total. The highest BCUT2D eigenvalue weighted by atomic mass is 16.5. The van der Waals surface area contributed by atoms with Crippen molar-refractivity contribution >= 4 is 5.95 Å². The smallest absolute Gasteiger partial charge is 0.220 e. The Morgan fingerprint density at radius 1 is 1.38 bits per heavy atom. The summed E-state index contributed by atoms with van der Waals surface area (Å²) in [5.41, 5.74) is 8.72. The van der Waals surface area contributed by atoms with Gasteiger partial charge in [-0.05, 0) is 25.3 Å². The SMILES string of the molecule is Cc1nc(N)nc2c1CCCOC2. The summed E-state index contributed by atoms with van der Waals surface area (Å²) in [4.78, 5) is 8.32. The molecule has 70 valence electrons. The van der Waals surface area contributed by atoms with Crippen LogP contribution in [0.4, 0.5) is 5.95 Å². The molecule has 2 heterocycles. The average molecular weight is 179 g/mol. The van der Waals surface area contributed by atoms with Gasteiger partial charge in [0, 0.05) is 12.3 Å². The van der Waals surface area contributed by atoms with Crippen LogP contribution in [0.15, 0.2) is 0 Å². The number of rotatable bonds is 0. The Balaban J connectivity index is 2.47. The van der Waals surface area contributed by atoms with Crippen LogP contribution >= 0.6 is 0 Å². The molecule has 0 atom stereocenters. The zero-order valence-corrected chi connectivity index (χ0v) is 7.71. The molecule has 13 heavy (non-hydrogen) atoms. The Bertz CT molecular complexity index is 325. The lowest BCUT2D eigenvalue weighted by Crippen LogP contribution is -2.06. The van der Waals surface area contributed by atoms with E-state index >= 15 is 0 Å². The lowest BCUT2D eigenvalue weighted by atomic mass is 10.1. The number of ether oxygens (including phenoxy) is 1. The fourth-order valence-electron chi connectivity index (χ4n) is 1.64. The van der Waals surface area contributed by atoms with Crippen molar-refractivity contribution in [1.29, 1.82) is 0 Å². The largest absolute Gasteiger partial charge is 0.375 e. The maximum absolute atomic E-state index is 5.56. The lowest BCUT2D eigenvalue weighted by Gasteiger charge is -2.07. The summed E-state index contributed by atoms with van der Waals surface area (Å²) in [7, 11) is 0. The van der Waals surface area contributed by atoms with Crippen LogP contribution < -0.4 is 5.73 Å². The summed E-state index contributed by atoms with van der Waals surface area (Å²) in [6.45, 7) is 3.35. The molecule has 0 spiro atoms. The maximum Gasteiger partial charge on any atom is 0.220 e. The van der Waals surface area contributed by atoms with E-state index in [0.717, 1.165) is 30.8 Å². The van der Waals surface area contributed by atoms with Crippen LogP contribution in [0.2, 0.25) is 0 Å². The topological polar surface area (TPSA) is 61.0 Å². The number of hydrogen-bond acceptors (Lipinski definition) is 4. The number of fused-ring (bicyclic) bond motifs is 1. The second-order valence-corrected chi connectivity index (χ2v) is 3.25. The number of aryl methyl sites for hydroxylation is 1. The van der Waals surface area contributed by atoms with Crippen LogP contribution in [0.3, 0.4) is 0 Å². The first-order valence-electron chi connectivity index (χ1n) is 4.47. The van der Waals surface area contributed by atoms with Gasteiger partial charge in [-0.3, -0.25) is 0 Å². The minimum absolute atomic E-state index is 0.349. The number of nitrogens with zero attached hydrogens (tertiary/aromatic N) is 2. The molecule has 1 aliphatic heterocycles. The van der Waals surface area contributed by atoms with Gasteiger partial charge in [-0.2, -0.15) is 0 Å². The van der Waals surface area contributed by atoms with Gasteiger partial charge in [-0.15, -0.1) is 0 Å². The van der Waals surface area contributed by atoms with Gasteiger partial charge < -0.3 is 10.5 Å². The third-order valence-electron chi connectivity index (χ3n) is 2.27. The van der Waals surface area contributed by atoms with Crippen LogP contribution in [0.1, 0.15) is 23.4 Å². The standard InChI is InChI=1S/C9H13N3O/c1-6-7-3-2-4-13-5-8(7)12-9(10)11-6/h2-5H2,1H3,(H2,10,11,12). The van der Waals surface area contributed by atoms with E-state index in [2.05, 4.69) is 9.97 Å². The van der Waals surface area contributed by atoms with Crippen molar-refractivity contribution in [1.82, 2.24) is 9.97 Å². The number of nitrogen functional groups attached to an aromatic ring is 1. The van der Waals surface area contributed by atoms with E-state index in [1.54, 1.807) is 0 Å². The van der Waals surface area contributed by atoms with Crippen LogP contribution in [-0.2, 0) is 17.8 Å². The molecule has 0 saturated heterocycles. The van der Waals surface area contributed by atoms with Crippen molar-refractivity contribution in [3.05, 3.63) is 17.0 Å². The van der Waals surface area contributed by atoms with Gasteiger partial charge in [0.15, 0.2) is 0 Å². The minimum atomic E-state index is 0.349. The number of hydrogen-bond donors (Lipinski definition) is 1. The summed E-state index contributed by atoms with van der Waals surface area (Å²) in [6, 6.07) is 0. The van der Waals surface area contributed by atoms with E-state index in [-0.39, 0.29) is 0 Å². The molecule has 2 rings (SSSR count). The van der Waals surface area contributed by atoms with Gasteiger partial charge in [-0.1, -0.05) is 0 Å². The molecule has 0 fully saturated rings. The number of aromatic nitrogens is 2. The molecule has 0 radical (unpaired) electrons. The van der Waals surface area contributed by atoms with Crippen molar-refractivity contribution < 1.29 is 4.74 Å². The van der Waals surface area contributed by atoms with Gasteiger partial charge >= 0.3 is 0 Å². The summed E-state index contributed by atoms with van der Waals surface area (Å²) >= 11 is 0. The van der Waals surface area contributed by atoms with Crippen molar-refractivity contribution in [2.75, 3.05) is 12.3 Å². The number of nitrogens with two attached hydrogens (primary N) is 1. The fourth-order valence-corrected chi connectivity index (χ4v) is 1.64. The van der Waals surface area contributed by atoms with E-state index in [0.29, 0.717) is 12.6 Å². The number of anilines is 1. The average Bonchev–Trinajstić information content (AvgIpc) is 2.28. The van der Waals surface area contributed by atoms with E-state index in [1.807, 2.05) is 6.92 Å². The Morgan fingerprint density at radius 2 is 2.23 bits per heavy atom. The van der Waals surface area contributed by atoms with E-state index in [4.69, 9.17) is 10.5 Å². The lowest BCUT2D eigenvalue weighted by molar-refractivity contribution is 0.122. The van der Waals surface area contributed by atoms with Crippen molar-refractivity contribution in [2.24, 2.45) is 0 Å². The Labute approximate surface area is 77.1 Å². The molecule has 4 heteroatoms. The maximum atomic E-state index is 5.56. The van der Waals surface area contributed by atoms with Crippen LogP contribution in [-0.4, -0.2) is 16.6 Å². The highest BCUT2D eigenvalue weighted by Crippen LogP contribution is 2.18. The van der Waals surface area contributed by atoms with Crippen LogP contribution in [0.5, 0.6) is 0 Å². The highest BCUT2D eigenvalue weighted by molar-refractivity contribution is 5.31. The normalized spacial score (nSPS) is 16.4. The highest BCUT2D eigenvalue weighted by Gasteiger charge is 2.13. The second-order valence-electron chi connectivity index (χ2n) is 3.25. The van der Waals surface area contributed by atoms with Crippen molar-refractivity contribution in [3.63, 3.8) is 0 Å². The molecule has 0 saturated carbocycles. The molecule has 0 amide bonds. The first kappa shape index (κ1) is 8.44. The van der Waals surface area contributed by atoms with Gasteiger partial charge in [0.2, 0.25) is 5.95 Å². The Hall–Kier alpha value is -1.16. The van der Waals surface area contributed by atoms with Gasteiger partial charge in [0.25, 0.3) is 0 Å². The van der Waals surface area contributed by atoms with Crippen molar-refractivity contribution in [3.8, 4) is 0 Å². The minimum Gasteiger partial charge on any atom is -0.375 e. The molecule has 1 aliphatic rings. The van der Waals surface area contributed by atoms with Gasteiger partial charge in [-0.25, -0.2) is 9.97 Å². The zero-order valence-electron chi connectivity index (χ0n) is 7.71.